The first-order valence-electron chi connectivity index (χ1n) is 8.49. The zero-order valence-corrected chi connectivity index (χ0v) is 15.8. The third-order valence-corrected chi connectivity index (χ3v) is 4.61. The Balaban J connectivity index is 1.75. The van der Waals surface area contributed by atoms with Crippen LogP contribution >= 0.6 is 11.6 Å². The van der Waals surface area contributed by atoms with Crippen LogP contribution in [0, 0.1) is 19.7 Å². The quantitative estimate of drug-likeness (QED) is 0.556. The van der Waals surface area contributed by atoms with Gasteiger partial charge in [-0.3, -0.25) is 4.79 Å². The van der Waals surface area contributed by atoms with Crippen LogP contribution < -0.4 is 5.32 Å². The Morgan fingerprint density at radius 1 is 1.11 bits per heavy atom. The number of nitrogens with one attached hydrogen (secondary N) is 1. The average Bonchev–Trinajstić information content (AvgIpc) is 3.00. The number of aryl methyl sites for hydroxylation is 2. The first-order chi connectivity index (χ1) is 13.4. The maximum Gasteiger partial charge on any atom is 0.278 e. The van der Waals surface area contributed by atoms with Gasteiger partial charge in [-0.1, -0.05) is 29.8 Å². The van der Waals surface area contributed by atoms with Gasteiger partial charge in [-0.25, -0.2) is 8.91 Å². The van der Waals surface area contributed by atoms with Crippen molar-refractivity contribution in [1.29, 1.82) is 0 Å². The summed E-state index contributed by atoms with van der Waals surface area (Å²) in [6.07, 6.45) is 0. The molecule has 0 unspecified atom stereocenters. The number of rotatable bonds is 3. The summed E-state index contributed by atoms with van der Waals surface area (Å²) in [7, 11) is 0. The molecule has 0 spiro atoms. The molecule has 4 rings (SSSR count). The lowest BCUT2D eigenvalue weighted by Crippen LogP contribution is -2.18. The number of amides is 1. The van der Waals surface area contributed by atoms with Crippen LogP contribution in [0.25, 0.3) is 16.8 Å². The summed E-state index contributed by atoms with van der Waals surface area (Å²) in [5, 5.41) is 16.1. The second-order valence-electron chi connectivity index (χ2n) is 6.30. The molecule has 8 heteroatoms. The van der Waals surface area contributed by atoms with Crippen molar-refractivity contribution in [3.05, 3.63) is 76.5 Å². The molecule has 140 valence electrons. The van der Waals surface area contributed by atoms with Gasteiger partial charge < -0.3 is 5.32 Å². The number of fused-ring (bicyclic) bond motifs is 1. The van der Waals surface area contributed by atoms with Gasteiger partial charge in [0, 0.05) is 10.7 Å². The monoisotopic (exact) mass is 395 g/mol. The van der Waals surface area contributed by atoms with Crippen LogP contribution in [0.15, 0.2) is 48.5 Å². The fourth-order valence-electron chi connectivity index (χ4n) is 3.03. The molecule has 28 heavy (non-hydrogen) atoms. The molecule has 1 N–H and O–H groups in total. The Morgan fingerprint density at radius 3 is 2.57 bits per heavy atom. The third-order valence-electron chi connectivity index (χ3n) is 4.37. The Bertz CT molecular complexity index is 1200. The van der Waals surface area contributed by atoms with Crippen molar-refractivity contribution in [3.8, 4) is 11.1 Å². The van der Waals surface area contributed by atoms with E-state index in [0.29, 0.717) is 27.7 Å². The SMILES string of the molecule is Cc1nn2c(C)c(C(=O)Nc3cccc(Cl)c3)nnc2c1-c1ccc(F)cc1. The van der Waals surface area contributed by atoms with Gasteiger partial charge in [0.1, 0.15) is 5.82 Å². The summed E-state index contributed by atoms with van der Waals surface area (Å²) in [5.74, 6) is -0.731. The number of carbonyl (C=O) groups is 1. The Kier molecular flexibility index (Phi) is 4.52. The topological polar surface area (TPSA) is 72.2 Å². The van der Waals surface area contributed by atoms with Gasteiger partial charge in [0.05, 0.1) is 17.0 Å². The molecule has 0 aliphatic heterocycles. The number of hydrogen-bond acceptors (Lipinski definition) is 4. The lowest BCUT2D eigenvalue weighted by Gasteiger charge is -2.08. The molecule has 0 bridgehead atoms. The highest BCUT2D eigenvalue weighted by atomic mass is 35.5. The molecule has 0 aliphatic rings. The molecule has 1 amide bonds. The first-order valence-corrected chi connectivity index (χ1v) is 8.87. The van der Waals surface area contributed by atoms with Gasteiger partial charge in [0.2, 0.25) is 0 Å². The molecule has 0 fully saturated rings. The zero-order chi connectivity index (χ0) is 19.8. The zero-order valence-electron chi connectivity index (χ0n) is 15.1. The number of halogens is 2. The van der Waals surface area contributed by atoms with E-state index in [1.807, 2.05) is 6.92 Å². The van der Waals surface area contributed by atoms with Gasteiger partial charge in [-0.2, -0.15) is 5.10 Å². The van der Waals surface area contributed by atoms with Gasteiger partial charge in [-0.15, -0.1) is 10.2 Å². The van der Waals surface area contributed by atoms with Gasteiger partial charge >= 0.3 is 0 Å². The van der Waals surface area contributed by atoms with E-state index >= 15 is 0 Å². The fourth-order valence-corrected chi connectivity index (χ4v) is 3.22. The van der Waals surface area contributed by atoms with Crippen LogP contribution in [0.4, 0.5) is 10.1 Å². The van der Waals surface area contributed by atoms with Crippen LogP contribution in [-0.2, 0) is 0 Å². The smallest absolute Gasteiger partial charge is 0.278 e. The molecule has 0 radical (unpaired) electrons. The highest BCUT2D eigenvalue weighted by Crippen LogP contribution is 2.28. The van der Waals surface area contributed by atoms with Crippen LogP contribution in [-0.4, -0.2) is 25.7 Å². The predicted molar refractivity (Wildman–Crippen MR) is 105 cm³/mol. The predicted octanol–water partition coefficient (Wildman–Crippen LogP) is 4.45. The minimum absolute atomic E-state index is 0.153. The lowest BCUT2D eigenvalue weighted by atomic mass is 10.1. The summed E-state index contributed by atoms with van der Waals surface area (Å²) in [4.78, 5) is 12.6. The maximum absolute atomic E-state index is 13.3. The van der Waals surface area contributed by atoms with Crippen LogP contribution in [0.5, 0.6) is 0 Å². The van der Waals surface area contributed by atoms with Crippen molar-refractivity contribution >= 4 is 28.8 Å². The second-order valence-corrected chi connectivity index (χ2v) is 6.74. The molecular formula is C20H15ClFN5O. The highest BCUT2D eigenvalue weighted by Gasteiger charge is 2.20. The van der Waals surface area contributed by atoms with E-state index in [0.717, 1.165) is 11.1 Å². The molecule has 4 aromatic rings. The van der Waals surface area contributed by atoms with Crippen molar-refractivity contribution < 1.29 is 9.18 Å². The number of hydrogen-bond donors (Lipinski definition) is 1. The van der Waals surface area contributed by atoms with E-state index in [-0.39, 0.29) is 11.5 Å². The minimum Gasteiger partial charge on any atom is -0.320 e. The average molecular weight is 396 g/mol. The van der Waals surface area contributed by atoms with Crippen molar-refractivity contribution in [2.45, 2.75) is 13.8 Å². The first kappa shape index (κ1) is 18.1. The van der Waals surface area contributed by atoms with E-state index in [1.165, 1.54) is 12.1 Å². The van der Waals surface area contributed by atoms with Crippen molar-refractivity contribution in [1.82, 2.24) is 19.8 Å². The van der Waals surface area contributed by atoms with E-state index in [1.54, 1.807) is 47.8 Å². The van der Waals surface area contributed by atoms with Crippen molar-refractivity contribution in [2.24, 2.45) is 0 Å². The summed E-state index contributed by atoms with van der Waals surface area (Å²) in [6.45, 7) is 3.58. The Morgan fingerprint density at radius 2 is 1.86 bits per heavy atom. The lowest BCUT2D eigenvalue weighted by molar-refractivity contribution is 0.102. The largest absolute Gasteiger partial charge is 0.320 e. The molecule has 0 saturated carbocycles. The van der Waals surface area contributed by atoms with Gasteiger partial charge in [-0.05, 0) is 49.7 Å². The number of benzene rings is 2. The van der Waals surface area contributed by atoms with Crippen molar-refractivity contribution in [3.63, 3.8) is 0 Å². The van der Waals surface area contributed by atoms with E-state index in [4.69, 9.17) is 11.6 Å². The van der Waals surface area contributed by atoms with Crippen molar-refractivity contribution in [2.75, 3.05) is 5.32 Å². The molecule has 0 atom stereocenters. The third kappa shape index (κ3) is 3.20. The van der Waals surface area contributed by atoms with E-state index in [9.17, 15) is 9.18 Å². The minimum atomic E-state index is -0.411. The normalized spacial score (nSPS) is 11.0. The fraction of sp³-hybridized carbons (Fsp3) is 0.100. The van der Waals surface area contributed by atoms with E-state index < -0.39 is 5.91 Å². The molecule has 0 aliphatic carbocycles. The van der Waals surface area contributed by atoms with Crippen LogP contribution in [0.2, 0.25) is 5.02 Å². The number of carbonyl (C=O) groups excluding carboxylic acids is 1. The van der Waals surface area contributed by atoms with E-state index in [2.05, 4.69) is 20.6 Å². The molecule has 0 saturated heterocycles. The van der Waals surface area contributed by atoms with Gasteiger partial charge in [0.15, 0.2) is 11.3 Å². The molecule has 2 aromatic heterocycles. The van der Waals surface area contributed by atoms with Crippen LogP contribution in [0.3, 0.4) is 0 Å². The summed E-state index contributed by atoms with van der Waals surface area (Å²) in [5.41, 5.74) is 3.98. The number of anilines is 1. The molecule has 6 nitrogen and oxygen atoms in total. The Hall–Kier alpha value is -3.32. The van der Waals surface area contributed by atoms with Gasteiger partial charge in [0.25, 0.3) is 5.91 Å². The summed E-state index contributed by atoms with van der Waals surface area (Å²) in [6, 6.07) is 12.9. The standard InChI is InChI=1S/C20H15ClFN5O/c1-11-17(13-6-8-15(22)9-7-13)19-25-24-18(12(2)27(19)26-11)20(28)23-16-5-3-4-14(21)10-16/h3-10H,1-2H3,(H,23,28). The second kappa shape index (κ2) is 7.01. The number of aromatic nitrogens is 4. The summed E-state index contributed by atoms with van der Waals surface area (Å²) >= 11 is 5.95. The maximum atomic E-state index is 13.3. The summed E-state index contributed by atoms with van der Waals surface area (Å²) < 4.78 is 14.8. The molecular weight excluding hydrogens is 381 g/mol. The molecule has 2 heterocycles. The number of nitrogens with zero attached hydrogens (tertiary/aromatic N) is 4. The Labute approximate surface area is 165 Å². The molecule has 2 aromatic carbocycles. The van der Waals surface area contributed by atoms with Crippen LogP contribution in [0.1, 0.15) is 21.9 Å². The highest BCUT2D eigenvalue weighted by molar-refractivity contribution is 6.30.